The van der Waals surface area contributed by atoms with Crippen LogP contribution >= 0.6 is 0 Å². The number of anilines is 1. The Labute approximate surface area is 178 Å². The fourth-order valence-electron chi connectivity index (χ4n) is 2.86. The van der Waals surface area contributed by atoms with Crippen molar-refractivity contribution in [2.24, 2.45) is 5.92 Å². The molecule has 1 unspecified atom stereocenters. The van der Waals surface area contributed by atoms with Crippen LogP contribution in [-0.2, 0) is 14.6 Å². The SMILES string of the molecule is CCOc1ccc(C(=O)NC(C(=O)N(C)c2ccc(S(C)(=O)=O)cc2)C(C)C)cc1. The molecular formula is C22H28N2O5S. The first-order chi connectivity index (χ1) is 14.0. The lowest BCUT2D eigenvalue weighted by Crippen LogP contribution is -2.50. The van der Waals surface area contributed by atoms with Crippen LogP contribution < -0.4 is 15.0 Å². The van der Waals surface area contributed by atoms with Crippen molar-refractivity contribution in [3.05, 3.63) is 54.1 Å². The van der Waals surface area contributed by atoms with Crippen LogP contribution in [0.15, 0.2) is 53.4 Å². The molecule has 2 rings (SSSR count). The highest BCUT2D eigenvalue weighted by atomic mass is 32.2. The molecule has 0 saturated heterocycles. The Kier molecular flexibility index (Phi) is 7.61. The molecule has 7 nitrogen and oxygen atoms in total. The predicted octanol–water partition coefficient (Wildman–Crippen LogP) is 2.91. The van der Waals surface area contributed by atoms with E-state index in [4.69, 9.17) is 4.74 Å². The Balaban J connectivity index is 2.16. The average molecular weight is 433 g/mol. The molecule has 2 aromatic rings. The number of carbonyl (C=O) groups is 2. The van der Waals surface area contributed by atoms with E-state index in [0.717, 1.165) is 6.26 Å². The highest BCUT2D eigenvalue weighted by Crippen LogP contribution is 2.19. The second-order valence-electron chi connectivity index (χ2n) is 7.32. The lowest BCUT2D eigenvalue weighted by molar-refractivity contribution is -0.121. The Morgan fingerprint density at radius 3 is 2.07 bits per heavy atom. The second-order valence-corrected chi connectivity index (χ2v) is 9.33. The van der Waals surface area contributed by atoms with Gasteiger partial charge in [0.1, 0.15) is 11.8 Å². The summed E-state index contributed by atoms with van der Waals surface area (Å²) < 4.78 is 28.6. The molecule has 1 atom stereocenters. The van der Waals surface area contributed by atoms with Gasteiger partial charge in [0.15, 0.2) is 9.84 Å². The van der Waals surface area contributed by atoms with Crippen LogP contribution in [0, 0.1) is 5.92 Å². The maximum Gasteiger partial charge on any atom is 0.251 e. The molecule has 0 aliphatic rings. The van der Waals surface area contributed by atoms with Gasteiger partial charge >= 0.3 is 0 Å². The fraction of sp³-hybridized carbons (Fsp3) is 0.364. The third-order valence-electron chi connectivity index (χ3n) is 4.63. The molecule has 0 aliphatic heterocycles. The fourth-order valence-corrected chi connectivity index (χ4v) is 3.49. The molecule has 0 heterocycles. The number of nitrogens with one attached hydrogen (secondary N) is 1. The van der Waals surface area contributed by atoms with Crippen LogP contribution in [0.4, 0.5) is 5.69 Å². The number of carbonyl (C=O) groups excluding carboxylic acids is 2. The zero-order valence-electron chi connectivity index (χ0n) is 17.9. The number of nitrogens with zero attached hydrogens (tertiary/aromatic N) is 1. The molecular weight excluding hydrogens is 404 g/mol. The summed E-state index contributed by atoms with van der Waals surface area (Å²) in [4.78, 5) is 27.3. The minimum absolute atomic E-state index is 0.151. The molecule has 8 heteroatoms. The second kappa shape index (κ2) is 9.75. The Morgan fingerprint density at radius 2 is 1.60 bits per heavy atom. The first kappa shape index (κ1) is 23.4. The molecule has 0 radical (unpaired) electrons. The molecule has 162 valence electrons. The average Bonchev–Trinajstić information content (AvgIpc) is 2.70. The molecule has 0 fully saturated rings. The molecule has 0 aliphatic carbocycles. The van der Waals surface area contributed by atoms with Gasteiger partial charge in [0.2, 0.25) is 5.91 Å². The number of amides is 2. The van der Waals surface area contributed by atoms with Crippen molar-refractivity contribution in [3.63, 3.8) is 0 Å². The Hall–Kier alpha value is -2.87. The predicted molar refractivity (Wildman–Crippen MR) is 117 cm³/mol. The van der Waals surface area contributed by atoms with Gasteiger partial charge in [-0.15, -0.1) is 0 Å². The van der Waals surface area contributed by atoms with Gasteiger partial charge in [0.25, 0.3) is 5.91 Å². The van der Waals surface area contributed by atoms with Gasteiger partial charge in [-0.2, -0.15) is 0 Å². The van der Waals surface area contributed by atoms with Crippen molar-refractivity contribution < 1.29 is 22.7 Å². The van der Waals surface area contributed by atoms with E-state index in [1.807, 2.05) is 20.8 Å². The standard InChI is InChI=1S/C22H28N2O5S/c1-6-29-18-11-7-16(8-12-18)21(25)23-20(15(2)3)22(26)24(4)17-9-13-19(14-10-17)30(5,27)28/h7-15,20H,6H2,1-5H3,(H,23,25). The van der Waals surface area contributed by atoms with Crippen molar-refractivity contribution in [1.29, 1.82) is 0 Å². The van der Waals surface area contributed by atoms with Crippen LogP contribution in [0.3, 0.4) is 0 Å². The molecule has 0 saturated carbocycles. The van der Waals surface area contributed by atoms with E-state index < -0.39 is 15.9 Å². The van der Waals surface area contributed by atoms with E-state index in [-0.39, 0.29) is 22.6 Å². The van der Waals surface area contributed by atoms with Crippen LogP contribution in [0.2, 0.25) is 0 Å². The van der Waals surface area contributed by atoms with Gasteiger partial charge in [0, 0.05) is 24.6 Å². The van der Waals surface area contributed by atoms with E-state index in [0.29, 0.717) is 23.6 Å². The summed E-state index contributed by atoms with van der Waals surface area (Å²) in [5.41, 5.74) is 0.963. The molecule has 0 spiro atoms. The van der Waals surface area contributed by atoms with Crippen molar-refractivity contribution in [1.82, 2.24) is 5.32 Å². The van der Waals surface area contributed by atoms with E-state index in [9.17, 15) is 18.0 Å². The van der Waals surface area contributed by atoms with Crippen LogP contribution in [-0.4, -0.2) is 46.2 Å². The van der Waals surface area contributed by atoms with Gasteiger partial charge in [-0.05, 0) is 61.4 Å². The van der Waals surface area contributed by atoms with Crippen LogP contribution in [0.5, 0.6) is 5.75 Å². The summed E-state index contributed by atoms with van der Waals surface area (Å²) in [6, 6.07) is 12.0. The van der Waals surface area contributed by atoms with Crippen LogP contribution in [0.1, 0.15) is 31.1 Å². The third-order valence-corrected chi connectivity index (χ3v) is 5.76. The zero-order valence-corrected chi connectivity index (χ0v) is 18.7. The lowest BCUT2D eigenvalue weighted by Gasteiger charge is -2.27. The number of benzene rings is 2. The summed E-state index contributed by atoms with van der Waals surface area (Å²) in [6.07, 6.45) is 1.13. The number of sulfone groups is 1. The minimum atomic E-state index is -3.32. The summed E-state index contributed by atoms with van der Waals surface area (Å²) in [5, 5.41) is 2.80. The molecule has 30 heavy (non-hydrogen) atoms. The van der Waals surface area contributed by atoms with Crippen molar-refractivity contribution in [2.75, 3.05) is 24.8 Å². The summed E-state index contributed by atoms with van der Waals surface area (Å²) in [5.74, 6) is -0.132. The van der Waals surface area contributed by atoms with Gasteiger partial charge < -0.3 is 15.0 Å². The van der Waals surface area contributed by atoms with Gasteiger partial charge in [0.05, 0.1) is 11.5 Å². The number of likely N-dealkylation sites (N-methyl/N-ethyl adjacent to an activating group) is 1. The monoisotopic (exact) mass is 432 g/mol. The smallest absolute Gasteiger partial charge is 0.251 e. The number of hydrogen-bond acceptors (Lipinski definition) is 5. The zero-order chi connectivity index (χ0) is 22.5. The first-order valence-corrected chi connectivity index (χ1v) is 11.5. The normalized spacial score (nSPS) is 12.3. The lowest BCUT2D eigenvalue weighted by atomic mass is 10.0. The van der Waals surface area contributed by atoms with Gasteiger partial charge in [-0.1, -0.05) is 13.8 Å². The van der Waals surface area contributed by atoms with Crippen molar-refractivity contribution >= 4 is 27.3 Å². The summed E-state index contributed by atoms with van der Waals surface area (Å²) >= 11 is 0. The molecule has 0 bridgehead atoms. The quantitative estimate of drug-likeness (QED) is 0.692. The van der Waals surface area contributed by atoms with Crippen molar-refractivity contribution in [2.45, 2.75) is 31.7 Å². The number of hydrogen-bond donors (Lipinski definition) is 1. The summed E-state index contributed by atoms with van der Waals surface area (Å²) in [7, 11) is -1.72. The maximum absolute atomic E-state index is 13.0. The minimum Gasteiger partial charge on any atom is -0.494 e. The summed E-state index contributed by atoms with van der Waals surface area (Å²) in [6.45, 7) is 6.11. The largest absolute Gasteiger partial charge is 0.494 e. The van der Waals surface area contributed by atoms with Crippen molar-refractivity contribution in [3.8, 4) is 5.75 Å². The van der Waals surface area contributed by atoms with E-state index >= 15 is 0 Å². The molecule has 2 aromatic carbocycles. The van der Waals surface area contributed by atoms with E-state index in [1.165, 1.54) is 17.0 Å². The highest BCUT2D eigenvalue weighted by Gasteiger charge is 2.28. The number of rotatable bonds is 8. The first-order valence-electron chi connectivity index (χ1n) is 9.66. The highest BCUT2D eigenvalue weighted by molar-refractivity contribution is 7.90. The number of ether oxygens (including phenoxy) is 1. The molecule has 2 amide bonds. The van der Waals surface area contributed by atoms with E-state index in [1.54, 1.807) is 43.4 Å². The molecule has 0 aromatic heterocycles. The Bertz CT molecular complexity index is 983. The van der Waals surface area contributed by atoms with Gasteiger partial charge in [-0.25, -0.2) is 8.42 Å². The Morgan fingerprint density at radius 1 is 1.03 bits per heavy atom. The van der Waals surface area contributed by atoms with Gasteiger partial charge in [-0.3, -0.25) is 9.59 Å². The molecule has 1 N–H and O–H groups in total. The third kappa shape index (κ3) is 5.82. The van der Waals surface area contributed by atoms with Crippen LogP contribution in [0.25, 0.3) is 0 Å². The van der Waals surface area contributed by atoms with E-state index in [2.05, 4.69) is 5.32 Å². The maximum atomic E-state index is 13.0. The topological polar surface area (TPSA) is 92.8 Å².